The molecule has 0 aliphatic carbocycles. The molecule has 0 fully saturated rings. The van der Waals surface area contributed by atoms with Gasteiger partial charge in [0.15, 0.2) is 0 Å². The molecule has 0 bridgehead atoms. The minimum atomic E-state index is -1.68. The highest BCUT2D eigenvalue weighted by atomic mass is 19.1. The van der Waals surface area contributed by atoms with E-state index in [-0.39, 0.29) is 18.4 Å². The van der Waals surface area contributed by atoms with Crippen molar-refractivity contribution in [1.29, 1.82) is 5.26 Å². The maximum atomic E-state index is 13.3. The van der Waals surface area contributed by atoms with Crippen molar-refractivity contribution in [1.82, 2.24) is 0 Å². The summed E-state index contributed by atoms with van der Waals surface area (Å²) in [6, 6.07) is 5.57. The third kappa shape index (κ3) is 5.03. The maximum absolute atomic E-state index is 13.3. The molecule has 0 aliphatic heterocycles. The zero-order valence-corrected chi connectivity index (χ0v) is 11.9. The van der Waals surface area contributed by atoms with Gasteiger partial charge in [0.2, 0.25) is 6.36 Å². The Morgan fingerprint density at radius 3 is 2.76 bits per heavy atom. The van der Waals surface area contributed by atoms with Crippen LogP contribution in [0.4, 0.5) is 8.78 Å². The lowest BCUT2D eigenvalue weighted by atomic mass is 9.96. The number of rotatable bonds is 7. The first-order chi connectivity index (χ1) is 10.0. The van der Waals surface area contributed by atoms with Crippen LogP contribution in [-0.4, -0.2) is 19.4 Å². The summed E-state index contributed by atoms with van der Waals surface area (Å²) in [7, 11) is 1.38. The van der Waals surface area contributed by atoms with Crippen molar-refractivity contribution in [2.75, 3.05) is 7.11 Å². The molecule has 1 aromatic rings. The molecule has 4 nitrogen and oxygen atoms in total. The Bertz CT molecular complexity index is 528. The van der Waals surface area contributed by atoms with E-state index in [0.29, 0.717) is 12.2 Å². The quantitative estimate of drug-likeness (QED) is 0.723. The number of alkyl halides is 1. The Morgan fingerprint density at radius 2 is 2.19 bits per heavy atom. The third-order valence-corrected chi connectivity index (χ3v) is 2.87. The Labute approximate surface area is 122 Å². The van der Waals surface area contributed by atoms with Crippen LogP contribution in [0.25, 0.3) is 0 Å². The highest BCUT2D eigenvalue weighted by molar-refractivity contribution is 5.71. The average molecular weight is 297 g/mol. The fraction of sp³-hybridized carbons (Fsp3) is 0.467. The number of hydrogen-bond donors (Lipinski definition) is 0. The number of hydrogen-bond acceptors (Lipinski definition) is 4. The maximum Gasteiger partial charge on any atom is 0.309 e. The minimum Gasteiger partial charge on any atom is -0.496 e. The normalized spacial score (nSPS) is 13.1. The van der Waals surface area contributed by atoms with Gasteiger partial charge in [-0.15, -0.1) is 0 Å². The molecule has 2 unspecified atom stereocenters. The van der Waals surface area contributed by atoms with Crippen LogP contribution in [-0.2, 0) is 9.53 Å². The number of nitrogens with zero attached hydrogens (tertiary/aromatic N) is 1. The van der Waals surface area contributed by atoms with Crippen LogP contribution in [0, 0.1) is 17.1 Å². The molecule has 0 heterocycles. The van der Waals surface area contributed by atoms with Crippen molar-refractivity contribution < 1.29 is 23.0 Å². The average Bonchev–Trinajstić information content (AvgIpc) is 2.44. The van der Waals surface area contributed by atoms with Crippen LogP contribution in [0.2, 0.25) is 0 Å². The van der Waals surface area contributed by atoms with Gasteiger partial charge in [-0.05, 0) is 24.6 Å². The number of methoxy groups -OCH3 is 1. The second-order valence-electron chi connectivity index (χ2n) is 4.46. The Morgan fingerprint density at radius 1 is 1.48 bits per heavy atom. The SMILES string of the molecule is CCCC(F)OC(=O)CC(C#N)c1cc(F)ccc1OC. The van der Waals surface area contributed by atoms with E-state index in [2.05, 4.69) is 4.74 Å². The Hall–Kier alpha value is -2.16. The van der Waals surface area contributed by atoms with Gasteiger partial charge in [-0.2, -0.15) is 5.26 Å². The second kappa shape index (κ2) is 8.20. The lowest BCUT2D eigenvalue weighted by Crippen LogP contribution is -2.16. The van der Waals surface area contributed by atoms with Crippen molar-refractivity contribution in [2.45, 2.75) is 38.5 Å². The number of carbonyl (C=O) groups excluding carboxylic acids is 1. The van der Waals surface area contributed by atoms with Crippen LogP contribution in [0.1, 0.15) is 37.7 Å². The number of benzene rings is 1. The van der Waals surface area contributed by atoms with Gasteiger partial charge >= 0.3 is 5.97 Å². The predicted octanol–water partition coefficient (Wildman–Crippen LogP) is 3.47. The van der Waals surface area contributed by atoms with Gasteiger partial charge in [0.25, 0.3) is 0 Å². The fourth-order valence-electron chi connectivity index (χ4n) is 1.85. The van der Waals surface area contributed by atoms with Crippen LogP contribution in [0.5, 0.6) is 5.75 Å². The molecule has 0 N–H and O–H groups in total. The van der Waals surface area contributed by atoms with Crippen LogP contribution >= 0.6 is 0 Å². The predicted molar refractivity (Wildman–Crippen MR) is 71.8 cm³/mol. The summed E-state index contributed by atoms with van der Waals surface area (Å²) >= 11 is 0. The van der Waals surface area contributed by atoms with E-state index >= 15 is 0 Å². The number of esters is 1. The van der Waals surface area contributed by atoms with Gasteiger partial charge in [0.1, 0.15) is 11.6 Å². The second-order valence-corrected chi connectivity index (χ2v) is 4.46. The van der Waals surface area contributed by atoms with Gasteiger partial charge < -0.3 is 9.47 Å². The lowest BCUT2D eigenvalue weighted by Gasteiger charge is -2.14. The molecule has 114 valence electrons. The summed E-state index contributed by atoms with van der Waals surface area (Å²) in [5.41, 5.74) is 0.239. The summed E-state index contributed by atoms with van der Waals surface area (Å²) in [5.74, 6) is -2.05. The number of ether oxygens (including phenoxy) is 2. The van der Waals surface area contributed by atoms with Gasteiger partial charge in [-0.1, -0.05) is 6.92 Å². The molecule has 0 aliphatic rings. The molecule has 1 aromatic carbocycles. The van der Waals surface area contributed by atoms with Crippen LogP contribution < -0.4 is 4.74 Å². The molecule has 0 spiro atoms. The van der Waals surface area contributed by atoms with Gasteiger partial charge in [-0.3, -0.25) is 4.79 Å². The van der Waals surface area contributed by atoms with E-state index in [1.165, 1.54) is 19.2 Å². The van der Waals surface area contributed by atoms with Gasteiger partial charge in [0, 0.05) is 12.0 Å². The highest BCUT2D eigenvalue weighted by Crippen LogP contribution is 2.30. The molecule has 0 radical (unpaired) electrons. The van der Waals surface area contributed by atoms with Crippen LogP contribution in [0.15, 0.2) is 18.2 Å². The molecular weight excluding hydrogens is 280 g/mol. The highest BCUT2D eigenvalue weighted by Gasteiger charge is 2.22. The molecule has 21 heavy (non-hydrogen) atoms. The zero-order valence-electron chi connectivity index (χ0n) is 11.9. The van der Waals surface area contributed by atoms with Crippen molar-refractivity contribution >= 4 is 5.97 Å². The molecule has 0 saturated carbocycles. The number of halogens is 2. The summed E-state index contributed by atoms with van der Waals surface area (Å²) in [6.45, 7) is 1.76. The van der Waals surface area contributed by atoms with Crippen molar-refractivity contribution in [2.24, 2.45) is 0 Å². The molecule has 0 aromatic heterocycles. The van der Waals surface area contributed by atoms with Crippen molar-refractivity contribution in [3.63, 3.8) is 0 Å². The summed E-state index contributed by atoms with van der Waals surface area (Å²) in [4.78, 5) is 11.6. The summed E-state index contributed by atoms with van der Waals surface area (Å²) in [5, 5.41) is 9.15. The first kappa shape index (κ1) is 16.9. The Balaban J connectivity index is 2.82. The van der Waals surface area contributed by atoms with Crippen molar-refractivity contribution in [3.8, 4) is 11.8 Å². The molecule has 0 amide bonds. The Kier molecular flexibility index (Phi) is 6.60. The fourth-order valence-corrected chi connectivity index (χ4v) is 1.85. The van der Waals surface area contributed by atoms with E-state index in [1.807, 2.05) is 6.07 Å². The number of nitriles is 1. The topological polar surface area (TPSA) is 59.3 Å². The first-order valence-corrected chi connectivity index (χ1v) is 6.58. The molecular formula is C15H17F2NO3. The molecule has 0 saturated heterocycles. The van der Waals surface area contributed by atoms with E-state index in [4.69, 9.17) is 10.00 Å². The zero-order chi connectivity index (χ0) is 15.8. The summed E-state index contributed by atoms with van der Waals surface area (Å²) < 4.78 is 36.1. The standard InChI is InChI=1S/C15H17F2NO3/c1-3-4-14(17)21-15(19)7-10(9-18)12-8-11(16)5-6-13(12)20-2/h5-6,8,10,14H,3-4,7H2,1-2H3. The molecule has 1 rings (SSSR count). The van der Waals surface area contributed by atoms with E-state index in [9.17, 15) is 13.6 Å². The van der Waals surface area contributed by atoms with Crippen LogP contribution in [0.3, 0.4) is 0 Å². The van der Waals surface area contributed by atoms with Crippen molar-refractivity contribution in [3.05, 3.63) is 29.6 Å². The van der Waals surface area contributed by atoms with E-state index in [1.54, 1.807) is 6.92 Å². The summed E-state index contributed by atoms with van der Waals surface area (Å²) in [6.07, 6.45) is -1.41. The molecule has 6 heteroatoms. The first-order valence-electron chi connectivity index (χ1n) is 6.58. The smallest absolute Gasteiger partial charge is 0.309 e. The monoisotopic (exact) mass is 297 g/mol. The number of carbonyl (C=O) groups is 1. The van der Waals surface area contributed by atoms with Gasteiger partial charge in [-0.25, -0.2) is 8.78 Å². The van der Waals surface area contributed by atoms with Gasteiger partial charge in [0.05, 0.1) is 25.5 Å². The largest absolute Gasteiger partial charge is 0.496 e. The van der Waals surface area contributed by atoms with E-state index < -0.39 is 24.1 Å². The third-order valence-electron chi connectivity index (χ3n) is 2.87. The minimum absolute atomic E-state index is 0.103. The lowest BCUT2D eigenvalue weighted by molar-refractivity contribution is -0.158. The van der Waals surface area contributed by atoms with E-state index in [0.717, 1.165) is 6.07 Å². The molecule has 2 atom stereocenters.